The van der Waals surface area contributed by atoms with Crippen LogP contribution in [0.1, 0.15) is 10.4 Å². The molecule has 0 saturated carbocycles. The van der Waals surface area contributed by atoms with Gasteiger partial charge in [-0.25, -0.2) is 4.98 Å². The maximum absolute atomic E-state index is 12.1. The van der Waals surface area contributed by atoms with Gasteiger partial charge in [0.25, 0.3) is 5.91 Å². The molecule has 0 saturated heterocycles. The van der Waals surface area contributed by atoms with E-state index in [1.807, 2.05) is 24.3 Å². The fraction of sp³-hybridized carbons (Fsp3) is 0. The zero-order chi connectivity index (χ0) is 14.7. The summed E-state index contributed by atoms with van der Waals surface area (Å²) in [6.07, 6.45) is 3.45. The predicted molar refractivity (Wildman–Crippen MR) is 82.8 cm³/mol. The van der Waals surface area contributed by atoms with Crippen molar-refractivity contribution in [1.82, 2.24) is 9.97 Å². The molecule has 21 heavy (non-hydrogen) atoms. The van der Waals surface area contributed by atoms with Gasteiger partial charge in [-0.15, -0.1) is 0 Å². The summed E-state index contributed by atoms with van der Waals surface area (Å²) in [5, 5.41) is 2.86. The predicted octanol–water partition coefficient (Wildman–Crippen LogP) is 2.91. The number of hydrogen-bond donors (Lipinski definition) is 3. The zero-order valence-corrected chi connectivity index (χ0v) is 11.2. The smallest absolute Gasteiger partial charge is 0.255 e. The number of benzene rings is 2. The van der Waals surface area contributed by atoms with Crippen molar-refractivity contribution < 1.29 is 4.79 Å². The van der Waals surface area contributed by atoms with E-state index in [9.17, 15) is 4.79 Å². The number of aromatic amines is 1. The monoisotopic (exact) mass is 278 g/mol. The molecule has 0 fully saturated rings. The molecule has 0 unspecified atom stereocenters. The number of H-pyrrole nitrogens is 1. The van der Waals surface area contributed by atoms with Crippen molar-refractivity contribution in [3.05, 3.63) is 66.5 Å². The number of imidazole rings is 1. The molecule has 0 aliphatic heterocycles. The Morgan fingerprint density at radius 1 is 1.14 bits per heavy atom. The quantitative estimate of drug-likeness (QED) is 0.644. The molecule has 1 amide bonds. The largest absolute Gasteiger partial charge is 0.399 e. The minimum Gasteiger partial charge on any atom is -0.399 e. The first-order valence-corrected chi connectivity index (χ1v) is 6.49. The molecular weight excluding hydrogens is 264 g/mol. The minimum absolute atomic E-state index is 0.174. The summed E-state index contributed by atoms with van der Waals surface area (Å²) < 4.78 is 0. The lowest BCUT2D eigenvalue weighted by atomic mass is 10.1. The molecule has 3 aromatic rings. The second-order valence-corrected chi connectivity index (χ2v) is 4.59. The number of aromatic nitrogens is 2. The van der Waals surface area contributed by atoms with Crippen LogP contribution in [0, 0.1) is 0 Å². The topological polar surface area (TPSA) is 83.8 Å². The van der Waals surface area contributed by atoms with Crippen molar-refractivity contribution in [2.24, 2.45) is 0 Å². The Bertz CT molecular complexity index is 748. The summed E-state index contributed by atoms with van der Waals surface area (Å²) in [6, 6.07) is 14.3. The van der Waals surface area contributed by atoms with Gasteiger partial charge in [0, 0.05) is 34.9 Å². The van der Waals surface area contributed by atoms with E-state index in [1.54, 1.807) is 36.7 Å². The number of rotatable bonds is 3. The molecule has 2 aromatic carbocycles. The van der Waals surface area contributed by atoms with Gasteiger partial charge < -0.3 is 16.0 Å². The van der Waals surface area contributed by atoms with Gasteiger partial charge in [-0.2, -0.15) is 0 Å². The average molecular weight is 278 g/mol. The Labute approximate surface area is 121 Å². The van der Waals surface area contributed by atoms with Gasteiger partial charge in [0.1, 0.15) is 5.82 Å². The van der Waals surface area contributed by atoms with Gasteiger partial charge in [0.05, 0.1) is 0 Å². The van der Waals surface area contributed by atoms with E-state index in [0.717, 1.165) is 11.4 Å². The number of amides is 1. The SMILES string of the molecule is Nc1ccc(C(=O)Nc2cccc(-c3ncc[nH]3)c2)cc1. The molecule has 0 atom stereocenters. The molecule has 0 aliphatic carbocycles. The van der Waals surface area contributed by atoms with Crippen LogP contribution in [0.3, 0.4) is 0 Å². The highest BCUT2D eigenvalue weighted by Crippen LogP contribution is 2.19. The van der Waals surface area contributed by atoms with Crippen molar-refractivity contribution in [1.29, 1.82) is 0 Å². The van der Waals surface area contributed by atoms with E-state index in [0.29, 0.717) is 16.9 Å². The summed E-state index contributed by atoms with van der Waals surface area (Å²) in [7, 11) is 0. The fourth-order valence-corrected chi connectivity index (χ4v) is 2.01. The van der Waals surface area contributed by atoms with Crippen molar-refractivity contribution in [2.45, 2.75) is 0 Å². The Balaban J connectivity index is 1.80. The summed E-state index contributed by atoms with van der Waals surface area (Å²) in [6.45, 7) is 0. The molecule has 4 N–H and O–H groups in total. The van der Waals surface area contributed by atoms with E-state index in [1.165, 1.54) is 0 Å². The number of nitrogens with two attached hydrogens (primary N) is 1. The van der Waals surface area contributed by atoms with Crippen LogP contribution in [0.25, 0.3) is 11.4 Å². The number of nitrogen functional groups attached to an aromatic ring is 1. The Kier molecular flexibility index (Phi) is 3.39. The number of nitrogens with zero attached hydrogens (tertiary/aromatic N) is 1. The molecule has 1 aromatic heterocycles. The molecule has 0 aliphatic rings. The van der Waals surface area contributed by atoms with Gasteiger partial charge in [-0.05, 0) is 36.4 Å². The van der Waals surface area contributed by atoms with Crippen LogP contribution >= 0.6 is 0 Å². The number of anilines is 2. The van der Waals surface area contributed by atoms with Crippen molar-refractivity contribution in [2.75, 3.05) is 11.1 Å². The highest BCUT2D eigenvalue weighted by molar-refractivity contribution is 6.04. The lowest BCUT2D eigenvalue weighted by Crippen LogP contribution is -2.11. The highest BCUT2D eigenvalue weighted by atomic mass is 16.1. The first-order chi connectivity index (χ1) is 10.2. The third kappa shape index (κ3) is 2.92. The van der Waals surface area contributed by atoms with Gasteiger partial charge in [0.15, 0.2) is 0 Å². The summed E-state index contributed by atoms with van der Waals surface area (Å²) in [5.41, 5.74) is 8.43. The molecule has 5 heteroatoms. The second kappa shape index (κ2) is 5.50. The van der Waals surface area contributed by atoms with E-state index >= 15 is 0 Å². The number of carbonyl (C=O) groups is 1. The Morgan fingerprint density at radius 3 is 2.67 bits per heavy atom. The maximum Gasteiger partial charge on any atom is 0.255 e. The summed E-state index contributed by atoms with van der Waals surface area (Å²) in [5.74, 6) is 0.588. The fourth-order valence-electron chi connectivity index (χ4n) is 2.01. The standard InChI is InChI=1S/C16H14N4O/c17-13-6-4-11(5-7-13)16(21)20-14-3-1-2-12(10-14)15-18-8-9-19-15/h1-10H,17H2,(H,18,19)(H,20,21). The van der Waals surface area contributed by atoms with Gasteiger partial charge >= 0.3 is 0 Å². The third-order valence-electron chi connectivity index (χ3n) is 3.06. The van der Waals surface area contributed by atoms with Crippen LogP contribution in [-0.2, 0) is 0 Å². The average Bonchev–Trinajstić information content (AvgIpc) is 3.02. The third-order valence-corrected chi connectivity index (χ3v) is 3.06. The molecule has 0 spiro atoms. The van der Waals surface area contributed by atoms with Crippen LogP contribution < -0.4 is 11.1 Å². The second-order valence-electron chi connectivity index (χ2n) is 4.59. The van der Waals surface area contributed by atoms with E-state index in [2.05, 4.69) is 15.3 Å². The lowest BCUT2D eigenvalue weighted by Gasteiger charge is -2.07. The molecule has 3 rings (SSSR count). The van der Waals surface area contributed by atoms with Crippen LogP contribution in [0.4, 0.5) is 11.4 Å². The number of carbonyl (C=O) groups excluding carboxylic acids is 1. The van der Waals surface area contributed by atoms with Crippen LogP contribution in [0.2, 0.25) is 0 Å². The molecule has 5 nitrogen and oxygen atoms in total. The van der Waals surface area contributed by atoms with Gasteiger partial charge in [0.2, 0.25) is 0 Å². The van der Waals surface area contributed by atoms with Crippen molar-refractivity contribution >= 4 is 17.3 Å². The first-order valence-electron chi connectivity index (χ1n) is 6.49. The first kappa shape index (κ1) is 12.9. The van der Waals surface area contributed by atoms with Crippen LogP contribution in [0.15, 0.2) is 60.9 Å². The highest BCUT2D eigenvalue weighted by Gasteiger charge is 2.07. The number of hydrogen-bond acceptors (Lipinski definition) is 3. The molecular formula is C16H14N4O. The number of nitrogens with one attached hydrogen (secondary N) is 2. The maximum atomic E-state index is 12.1. The van der Waals surface area contributed by atoms with Gasteiger partial charge in [-0.3, -0.25) is 4.79 Å². The molecule has 1 heterocycles. The van der Waals surface area contributed by atoms with E-state index in [-0.39, 0.29) is 5.91 Å². The molecule has 0 bridgehead atoms. The minimum atomic E-state index is -0.174. The van der Waals surface area contributed by atoms with E-state index in [4.69, 9.17) is 5.73 Å². The zero-order valence-electron chi connectivity index (χ0n) is 11.2. The molecule has 0 radical (unpaired) electrons. The van der Waals surface area contributed by atoms with Crippen LogP contribution in [-0.4, -0.2) is 15.9 Å². The summed E-state index contributed by atoms with van der Waals surface area (Å²) in [4.78, 5) is 19.4. The lowest BCUT2D eigenvalue weighted by molar-refractivity contribution is 0.102. The van der Waals surface area contributed by atoms with Gasteiger partial charge in [-0.1, -0.05) is 12.1 Å². The summed E-state index contributed by atoms with van der Waals surface area (Å²) >= 11 is 0. The normalized spacial score (nSPS) is 10.3. The Hall–Kier alpha value is -3.08. The van der Waals surface area contributed by atoms with Crippen LogP contribution in [0.5, 0.6) is 0 Å². The van der Waals surface area contributed by atoms with E-state index < -0.39 is 0 Å². The van der Waals surface area contributed by atoms with Crippen molar-refractivity contribution in [3.63, 3.8) is 0 Å². The molecule has 104 valence electrons. The van der Waals surface area contributed by atoms with Crippen molar-refractivity contribution in [3.8, 4) is 11.4 Å². The Morgan fingerprint density at radius 2 is 1.95 bits per heavy atom.